The number of aromatic nitrogens is 2. The molecule has 0 atom stereocenters. The first-order valence-electron chi connectivity index (χ1n) is 5.41. The standard InChI is InChI=1S/C13H16N2Si/c1-15-10-12-6-5-11(9-13(12)14-15)7-8-16(2,3)4/h5-6,9-10H,1-4H3. The van der Waals surface area contributed by atoms with Gasteiger partial charge in [-0.25, -0.2) is 0 Å². The summed E-state index contributed by atoms with van der Waals surface area (Å²) in [6, 6.07) is 6.20. The molecule has 0 fully saturated rings. The van der Waals surface area contributed by atoms with Crippen molar-refractivity contribution in [1.82, 2.24) is 9.78 Å². The molecule has 0 saturated heterocycles. The molecule has 0 saturated carbocycles. The molecule has 2 nitrogen and oxygen atoms in total. The lowest BCUT2D eigenvalue weighted by Crippen LogP contribution is -2.16. The fourth-order valence-corrected chi connectivity index (χ4v) is 2.00. The van der Waals surface area contributed by atoms with Gasteiger partial charge in [0.15, 0.2) is 0 Å². The number of nitrogens with zero attached hydrogens (tertiary/aromatic N) is 2. The molecule has 0 bridgehead atoms. The minimum absolute atomic E-state index is 1.02. The lowest BCUT2D eigenvalue weighted by atomic mass is 10.2. The molecule has 82 valence electrons. The molecule has 0 amide bonds. The van der Waals surface area contributed by atoms with Gasteiger partial charge in [-0.3, -0.25) is 4.68 Å². The van der Waals surface area contributed by atoms with Gasteiger partial charge in [-0.15, -0.1) is 5.54 Å². The smallest absolute Gasteiger partial charge is 0.129 e. The fraction of sp³-hybridized carbons (Fsp3) is 0.308. The van der Waals surface area contributed by atoms with Crippen molar-refractivity contribution in [2.24, 2.45) is 7.05 Å². The zero-order chi connectivity index (χ0) is 11.8. The van der Waals surface area contributed by atoms with Crippen LogP contribution in [0.3, 0.4) is 0 Å². The lowest BCUT2D eigenvalue weighted by Gasteiger charge is -2.03. The van der Waals surface area contributed by atoms with E-state index in [1.165, 1.54) is 5.39 Å². The molecule has 0 aliphatic heterocycles. The highest BCUT2D eigenvalue weighted by Gasteiger charge is 2.07. The SMILES string of the molecule is Cn1cc2ccc(C#C[Si](C)(C)C)cc2n1. The van der Waals surface area contributed by atoms with Crippen LogP contribution in [0.1, 0.15) is 5.56 Å². The first-order chi connectivity index (χ1) is 7.44. The zero-order valence-electron chi connectivity index (χ0n) is 10.2. The molecule has 3 heteroatoms. The Labute approximate surface area is 97.3 Å². The molecule has 1 aromatic carbocycles. The number of rotatable bonds is 0. The Bertz CT molecular complexity index is 579. The summed E-state index contributed by atoms with van der Waals surface area (Å²) in [4.78, 5) is 0. The van der Waals surface area contributed by atoms with E-state index in [1.54, 1.807) is 0 Å². The van der Waals surface area contributed by atoms with Crippen molar-refractivity contribution in [3.05, 3.63) is 30.0 Å². The van der Waals surface area contributed by atoms with Crippen LogP contribution in [-0.2, 0) is 7.05 Å². The van der Waals surface area contributed by atoms with Crippen LogP contribution in [0.5, 0.6) is 0 Å². The van der Waals surface area contributed by atoms with Gasteiger partial charge in [-0.2, -0.15) is 5.10 Å². The van der Waals surface area contributed by atoms with Crippen LogP contribution >= 0.6 is 0 Å². The Morgan fingerprint density at radius 1 is 1.25 bits per heavy atom. The number of hydrogen-bond donors (Lipinski definition) is 0. The number of benzene rings is 1. The summed E-state index contributed by atoms with van der Waals surface area (Å²) >= 11 is 0. The number of aryl methyl sites for hydroxylation is 1. The van der Waals surface area contributed by atoms with Crippen molar-refractivity contribution in [1.29, 1.82) is 0 Å². The van der Waals surface area contributed by atoms with E-state index in [9.17, 15) is 0 Å². The third kappa shape index (κ3) is 2.53. The molecule has 0 unspecified atom stereocenters. The van der Waals surface area contributed by atoms with E-state index < -0.39 is 8.07 Å². The van der Waals surface area contributed by atoms with Crippen molar-refractivity contribution >= 4 is 19.0 Å². The molecule has 16 heavy (non-hydrogen) atoms. The van der Waals surface area contributed by atoms with Gasteiger partial charge in [0.2, 0.25) is 0 Å². The Balaban J connectivity index is 2.42. The molecule has 0 spiro atoms. The van der Waals surface area contributed by atoms with Gasteiger partial charge in [0.05, 0.1) is 5.52 Å². The molecule has 0 N–H and O–H groups in total. The van der Waals surface area contributed by atoms with E-state index >= 15 is 0 Å². The predicted octanol–water partition coefficient (Wildman–Crippen LogP) is 2.80. The van der Waals surface area contributed by atoms with E-state index in [2.05, 4.69) is 54.4 Å². The van der Waals surface area contributed by atoms with E-state index in [-0.39, 0.29) is 0 Å². The molecule has 2 rings (SSSR count). The van der Waals surface area contributed by atoms with Crippen molar-refractivity contribution in [2.75, 3.05) is 0 Å². The van der Waals surface area contributed by atoms with Gasteiger partial charge in [0, 0.05) is 24.2 Å². The highest BCUT2D eigenvalue weighted by atomic mass is 28.3. The normalized spacial score (nSPS) is 11.2. The van der Waals surface area contributed by atoms with E-state index in [1.807, 2.05) is 17.9 Å². The van der Waals surface area contributed by atoms with Crippen molar-refractivity contribution < 1.29 is 0 Å². The van der Waals surface area contributed by atoms with Crippen LogP contribution in [0.25, 0.3) is 10.9 Å². The van der Waals surface area contributed by atoms with E-state index in [0.717, 1.165) is 11.1 Å². The second-order valence-corrected chi connectivity index (χ2v) is 9.83. The van der Waals surface area contributed by atoms with Crippen molar-refractivity contribution in [3.8, 4) is 11.5 Å². The Morgan fingerprint density at radius 3 is 2.69 bits per heavy atom. The van der Waals surface area contributed by atoms with E-state index in [4.69, 9.17) is 0 Å². The van der Waals surface area contributed by atoms with Crippen LogP contribution in [0, 0.1) is 11.5 Å². The molecule has 2 aromatic rings. The van der Waals surface area contributed by atoms with Crippen LogP contribution in [0.4, 0.5) is 0 Å². The van der Waals surface area contributed by atoms with Crippen molar-refractivity contribution in [2.45, 2.75) is 19.6 Å². The van der Waals surface area contributed by atoms with Gasteiger partial charge in [-0.1, -0.05) is 25.6 Å². The maximum absolute atomic E-state index is 4.38. The quantitative estimate of drug-likeness (QED) is 0.501. The molecule has 1 aromatic heterocycles. The average molecular weight is 228 g/mol. The summed E-state index contributed by atoms with van der Waals surface area (Å²) in [6.07, 6.45) is 2.02. The Morgan fingerprint density at radius 2 is 2.00 bits per heavy atom. The molecular weight excluding hydrogens is 212 g/mol. The molecule has 0 radical (unpaired) electrons. The zero-order valence-corrected chi connectivity index (χ0v) is 11.2. The third-order valence-electron chi connectivity index (χ3n) is 2.20. The average Bonchev–Trinajstić information content (AvgIpc) is 2.52. The number of fused-ring (bicyclic) bond motifs is 1. The summed E-state index contributed by atoms with van der Waals surface area (Å²) in [5, 5.41) is 5.55. The first-order valence-corrected chi connectivity index (χ1v) is 8.91. The van der Waals surface area contributed by atoms with Gasteiger partial charge in [0.1, 0.15) is 8.07 Å². The second-order valence-electron chi connectivity index (χ2n) is 5.08. The van der Waals surface area contributed by atoms with Gasteiger partial charge in [-0.05, 0) is 18.2 Å². The predicted molar refractivity (Wildman–Crippen MR) is 70.9 cm³/mol. The van der Waals surface area contributed by atoms with Crippen LogP contribution in [0.15, 0.2) is 24.4 Å². The topological polar surface area (TPSA) is 17.8 Å². The molecule has 0 aliphatic carbocycles. The fourth-order valence-electron chi connectivity index (χ4n) is 1.48. The minimum atomic E-state index is -1.29. The van der Waals surface area contributed by atoms with Gasteiger partial charge in [0.25, 0.3) is 0 Å². The molecule has 1 heterocycles. The highest BCUT2D eigenvalue weighted by molar-refractivity contribution is 6.83. The summed E-state index contributed by atoms with van der Waals surface area (Å²) in [5.74, 6) is 3.25. The molecule has 0 aliphatic rings. The molecular formula is C13H16N2Si. The minimum Gasteiger partial charge on any atom is -0.275 e. The van der Waals surface area contributed by atoms with Crippen LogP contribution in [0.2, 0.25) is 19.6 Å². The van der Waals surface area contributed by atoms with Gasteiger partial charge >= 0.3 is 0 Å². The van der Waals surface area contributed by atoms with Crippen molar-refractivity contribution in [3.63, 3.8) is 0 Å². The third-order valence-corrected chi connectivity index (χ3v) is 3.08. The summed E-state index contributed by atoms with van der Waals surface area (Å²) in [5.41, 5.74) is 5.45. The maximum atomic E-state index is 4.38. The monoisotopic (exact) mass is 228 g/mol. The summed E-state index contributed by atoms with van der Waals surface area (Å²) in [6.45, 7) is 6.75. The van der Waals surface area contributed by atoms with Crippen LogP contribution in [-0.4, -0.2) is 17.9 Å². The Hall–Kier alpha value is -1.53. The summed E-state index contributed by atoms with van der Waals surface area (Å²) in [7, 11) is 0.649. The second kappa shape index (κ2) is 3.80. The summed E-state index contributed by atoms with van der Waals surface area (Å²) < 4.78 is 1.83. The first kappa shape index (κ1) is 11.0. The van der Waals surface area contributed by atoms with Gasteiger partial charge < -0.3 is 0 Å². The Kier molecular flexibility index (Phi) is 2.61. The van der Waals surface area contributed by atoms with Crippen LogP contribution < -0.4 is 0 Å². The maximum Gasteiger partial charge on any atom is 0.129 e. The number of hydrogen-bond acceptors (Lipinski definition) is 1. The largest absolute Gasteiger partial charge is 0.275 e. The highest BCUT2D eigenvalue weighted by Crippen LogP contribution is 2.13. The lowest BCUT2D eigenvalue weighted by molar-refractivity contribution is 0.780. The van der Waals surface area contributed by atoms with E-state index in [0.29, 0.717) is 0 Å².